The van der Waals surface area contributed by atoms with Gasteiger partial charge < -0.3 is 10.2 Å². The predicted molar refractivity (Wildman–Crippen MR) is 92.1 cm³/mol. The van der Waals surface area contributed by atoms with Crippen LogP contribution in [0.5, 0.6) is 0 Å². The highest BCUT2D eigenvalue weighted by Crippen LogP contribution is 2.36. The van der Waals surface area contributed by atoms with Crippen molar-refractivity contribution in [1.82, 2.24) is 15.2 Å². The summed E-state index contributed by atoms with van der Waals surface area (Å²) < 4.78 is 0. The number of nitrogens with one attached hydrogen (secondary N) is 1. The molecule has 2 rings (SSSR count). The molecule has 2 heterocycles. The van der Waals surface area contributed by atoms with Crippen LogP contribution in [0.4, 0.5) is 0 Å². The van der Waals surface area contributed by atoms with Gasteiger partial charge in [0, 0.05) is 30.6 Å². The molecule has 0 unspecified atom stereocenters. The maximum atomic E-state index is 4.97. The molecule has 1 fully saturated rings. The van der Waals surface area contributed by atoms with Crippen molar-refractivity contribution in [3.05, 3.63) is 16.1 Å². The van der Waals surface area contributed by atoms with Gasteiger partial charge in [0.25, 0.3) is 0 Å². The summed E-state index contributed by atoms with van der Waals surface area (Å²) in [5.74, 6) is 0.516. The first-order valence-corrected chi connectivity index (χ1v) is 9.19. The van der Waals surface area contributed by atoms with Gasteiger partial charge in [0.05, 0.1) is 11.2 Å². The van der Waals surface area contributed by atoms with E-state index in [2.05, 4.69) is 57.1 Å². The van der Waals surface area contributed by atoms with Crippen LogP contribution in [0.25, 0.3) is 0 Å². The van der Waals surface area contributed by atoms with E-state index in [0.717, 1.165) is 25.9 Å². The normalized spacial score (nSPS) is 19.9. The molecule has 0 aliphatic carbocycles. The molecule has 0 bridgehead atoms. The van der Waals surface area contributed by atoms with E-state index in [0.29, 0.717) is 18.0 Å². The van der Waals surface area contributed by atoms with Gasteiger partial charge in [-0.15, -0.1) is 11.3 Å². The fourth-order valence-corrected chi connectivity index (χ4v) is 4.37. The van der Waals surface area contributed by atoms with Crippen molar-refractivity contribution >= 4 is 11.3 Å². The van der Waals surface area contributed by atoms with Crippen LogP contribution < -0.4 is 5.32 Å². The van der Waals surface area contributed by atoms with Crippen LogP contribution >= 0.6 is 11.3 Å². The van der Waals surface area contributed by atoms with E-state index in [4.69, 9.17) is 4.98 Å². The molecule has 0 radical (unpaired) electrons. The van der Waals surface area contributed by atoms with Gasteiger partial charge in [0.15, 0.2) is 0 Å². The van der Waals surface area contributed by atoms with E-state index < -0.39 is 0 Å². The first-order chi connectivity index (χ1) is 9.84. The van der Waals surface area contributed by atoms with Crippen molar-refractivity contribution in [3.63, 3.8) is 0 Å². The minimum Gasteiger partial charge on any atom is -0.303 e. The molecule has 0 atom stereocenters. The molecule has 1 saturated heterocycles. The number of hydrogen-bond acceptors (Lipinski definition) is 4. The topological polar surface area (TPSA) is 28.2 Å². The third-order valence-corrected chi connectivity index (χ3v) is 5.53. The molecule has 3 nitrogen and oxygen atoms in total. The smallest absolute Gasteiger partial charge is 0.113 e. The molecule has 1 aliphatic heterocycles. The van der Waals surface area contributed by atoms with Gasteiger partial charge in [-0.05, 0) is 46.5 Å². The van der Waals surface area contributed by atoms with Crippen molar-refractivity contribution < 1.29 is 0 Å². The summed E-state index contributed by atoms with van der Waals surface area (Å²) in [4.78, 5) is 7.55. The quantitative estimate of drug-likeness (QED) is 0.892. The Bertz CT molecular complexity index is 443. The fraction of sp³-hybridized carbons (Fsp3) is 0.824. The number of likely N-dealkylation sites (tertiary alicyclic amines) is 1. The lowest BCUT2D eigenvalue weighted by Gasteiger charge is -2.43. The number of piperidine rings is 1. The third-order valence-electron chi connectivity index (χ3n) is 4.47. The molecule has 0 spiro atoms. The van der Waals surface area contributed by atoms with Crippen LogP contribution in [0.3, 0.4) is 0 Å². The third kappa shape index (κ3) is 3.85. The highest BCUT2D eigenvalue weighted by Gasteiger charge is 2.39. The Balaban J connectivity index is 2.22. The number of rotatable bonds is 5. The summed E-state index contributed by atoms with van der Waals surface area (Å²) in [7, 11) is 0. The van der Waals surface area contributed by atoms with Crippen molar-refractivity contribution in [2.45, 2.75) is 77.9 Å². The zero-order valence-electron chi connectivity index (χ0n) is 14.4. The predicted octanol–water partition coefficient (Wildman–Crippen LogP) is 3.96. The van der Waals surface area contributed by atoms with Crippen LogP contribution in [-0.2, 0) is 5.54 Å². The second-order valence-corrected chi connectivity index (χ2v) is 8.10. The number of thiazole rings is 1. The lowest BCUT2D eigenvalue weighted by atomic mass is 9.86. The Morgan fingerprint density at radius 1 is 1.14 bits per heavy atom. The summed E-state index contributed by atoms with van der Waals surface area (Å²) in [6.45, 7) is 15.8. The van der Waals surface area contributed by atoms with E-state index in [1.54, 1.807) is 0 Å². The molecule has 21 heavy (non-hydrogen) atoms. The summed E-state index contributed by atoms with van der Waals surface area (Å²) in [5.41, 5.74) is 1.32. The van der Waals surface area contributed by atoms with Crippen LogP contribution in [0.1, 0.15) is 71.0 Å². The van der Waals surface area contributed by atoms with Crippen molar-refractivity contribution in [2.24, 2.45) is 0 Å². The Kier molecular flexibility index (Phi) is 5.44. The van der Waals surface area contributed by atoms with Crippen molar-refractivity contribution in [3.8, 4) is 0 Å². The van der Waals surface area contributed by atoms with Gasteiger partial charge in [0.2, 0.25) is 0 Å². The van der Waals surface area contributed by atoms with E-state index >= 15 is 0 Å². The highest BCUT2D eigenvalue weighted by atomic mass is 32.1. The average molecular weight is 310 g/mol. The maximum Gasteiger partial charge on any atom is 0.113 e. The molecule has 0 amide bonds. The fourth-order valence-electron chi connectivity index (χ4n) is 3.17. The van der Waals surface area contributed by atoms with E-state index in [-0.39, 0.29) is 5.54 Å². The number of hydrogen-bond donors (Lipinski definition) is 1. The molecular weight excluding hydrogens is 278 g/mol. The average Bonchev–Trinajstić information content (AvgIpc) is 2.88. The van der Waals surface area contributed by atoms with Crippen LogP contribution in [0, 0.1) is 0 Å². The first kappa shape index (κ1) is 16.9. The van der Waals surface area contributed by atoms with Gasteiger partial charge in [-0.1, -0.05) is 13.8 Å². The Labute approximate surface area is 134 Å². The summed E-state index contributed by atoms with van der Waals surface area (Å²) >= 11 is 1.84. The second kappa shape index (κ2) is 6.76. The van der Waals surface area contributed by atoms with Crippen LogP contribution in [0.15, 0.2) is 5.38 Å². The zero-order valence-corrected chi connectivity index (χ0v) is 15.3. The van der Waals surface area contributed by atoms with E-state index in [1.165, 1.54) is 10.7 Å². The van der Waals surface area contributed by atoms with Crippen LogP contribution in [0.2, 0.25) is 0 Å². The maximum absolute atomic E-state index is 4.97. The van der Waals surface area contributed by atoms with Gasteiger partial charge >= 0.3 is 0 Å². The summed E-state index contributed by atoms with van der Waals surface area (Å²) in [6, 6.07) is 1.13. The summed E-state index contributed by atoms with van der Waals surface area (Å²) in [5, 5.41) is 7.39. The monoisotopic (exact) mass is 309 g/mol. The molecule has 1 N–H and O–H groups in total. The number of nitrogens with zero attached hydrogens (tertiary/aromatic N) is 2. The molecule has 1 aromatic rings. The largest absolute Gasteiger partial charge is 0.303 e. The lowest BCUT2D eigenvalue weighted by molar-refractivity contribution is 0.103. The lowest BCUT2D eigenvalue weighted by Crippen LogP contribution is -2.54. The zero-order chi connectivity index (χ0) is 15.6. The molecule has 1 aromatic heterocycles. The summed E-state index contributed by atoms with van der Waals surface area (Å²) in [6.07, 6.45) is 2.32. The van der Waals surface area contributed by atoms with Crippen molar-refractivity contribution in [2.75, 3.05) is 13.1 Å². The Morgan fingerprint density at radius 2 is 1.76 bits per heavy atom. The Hall–Kier alpha value is -0.450. The molecule has 0 aromatic carbocycles. The van der Waals surface area contributed by atoms with E-state index in [9.17, 15) is 0 Å². The minimum absolute atomic E-state index is 0.0807. The molecular formula is C17H31N3S. The highest BCUT2D eigenvalue weighted by molar-refractivity contribution is 7.09. The molecule has 4 heteroatoms. The second-order valence-electron chi connectivity index (χ2n) is 7.24. The number of aromatic nitrogens is 1. The molecule has 1 aliphatic rings. The van der Waals surface area contributed by atoms with E-state index in [1.807, 2.05) is 11.3 Å². The standard InChI is InChI=1S/C17H31N3S/c1-12(2)15-11-21-16(18-15)17(19-13(3)4)7-9-20(10-8-17)14(5)6/h11-14,19H,7-10H2,1-6H3. The van der Waals surface area contributed by atoms with Crippen molar-refractivity contribution in [1.29, 1.82) is 0 Å². The van der Waals surface area contributed by atoms with Gasteiger partial charge in [-0.25, -0.2) is 4.98 Å². The minimum atomic E-state index is 0.0807. The van der Waals surface area contributed by atoms with Gasteiger partial charge in [-0.3, -0.25) is 0 Å². The van der Waals surface area contributed by atoms with Gasteiger partial charge in [0.1, 0.15) is 5.01 Å². The SMILES string of the molecule is CC(C)NC1(c2nc(C(C)C)cs2)CCN(C(C)C)CC1. The first-order valence-electron chi connectivity index (χ1n) is 8.31. The molecule has 120 valence electrons. The van der Waals surface area contributed by atoms with Gasteiger partial charge in [-0.2, -0.15) is 0 Å². The molecule has 0 saturated carbocycles. The Morgan fingerprint density at radius 3 is 2.19 bits per heavy atom. The van der Waals surface area contributed by atoms with Crippen LogP contribution in [-0.4, -0.2) is 35.1 Å².